The van der Waals surface area contributed by atoms with Crippen LogP contribution >= 0.6 is 0 Å². The molecule has 14 heavy (non-hydrogen) atoms. The first-order valence-electron chi connectivity index (χ1n) is 5.33. The van der Waals surface area contributed by atoms with Crippen molar-refractivity contribution in [3.05, 3.63) is 0 Å². The fourth-order valence-electron chi connectivity index (χ4n) is 1.40. The van der Waals surface area contributed by atoms with E-state index in [1.807, 2.05) is 6.92 Å². The Kier molecular flexibility index (Phi) is 6.36. The normalized spacial score (nSPS) is 12.7. The number of rotatable bonds is 7. The lowest BCUT2D eigenvalue weighted by atomic mass is 10.1. The predicted octanol–water partition coefficient (Wildman–Crippen LogP) is 2.09. The second-order valence-electron chi connectivity index (χ2n) is 4.14. The van der Waals surface area contributed by atoms with Gasteiger partial charge in [-0.05, 0) is 12.3 Å². The molecule has 0 rings (SSSR count). The average molecular weight is 221 g/mol. The maximum absolute atomic E-state index is 11.2. The monoisotopic (exact) mass is 221 g/mol. The molecular weight excluding hydrogens is 198 g/mol. The highest BCUT2D eigenvalue weighted by Crippen LogP contribution is 2.08. The van der Waals surface area contributed by atoms with Gasteiger partial charge in [0.25, 0.3) is 0 Å². The molecule has 0 radical (unpaired) electrons. The molecule has 86 valence electrons. The third kappa shape index (κ3) is 6.38. The molecule has 0 amide bonds. The Morgan fingerprint density at radius 3 is 2.14 bits per heavy atom. The number of sulfonamides is 1. The third-order valence-corrected chi connectivity index (χ3v) is 3.64. The highest BCUT2D eigenvalue weighted by molar-refractivity contribution is 7.88. The smallest absolute Gasteiger partial charge is 0.211 e. The van der Waals surface area contributed by atoms with Crippen LogP contribution < -0.4 is 0 Å². The lowest BCUT2D eigenvalue weighted by molar-refractivity contribution is 0.408. The maximum Gasteiger partial charge on any atom is 0.211 e. The van der Waals surface area contributed by atoms with Crippen LogP contribution in [0.3, 0.4) is 0 Å². The molecule has 4 heteroatoms. The van der Waals surface area contributed by atoms with Gasteiger partial charge in [0.15, 0.2) is 0 Å². The SMILES string of the molecule is CCN(CCCCC(C)C)S(C)(=O)=O. The second-order valence-corrected chi connectivity index (χ2v) is 6.13. The van der Waals surface area contributed by atoms with Gasteiger partial charge in [0.2, 0.25) is 10.0 Å². The Hall–Kier alpha value is -0.0900. The lowest BCUT2D eigenvalue weighted by Gasteiger charge is -2.17. The van der Waals surface area contributed by atoms with Crippen LogP contribution in [0.2, 0.25) is 0 Å². The van der Waals surface area contributed by atoms with Crippen molar-refractivity contribution in [3.63, 3.8) is 0 Å². The number of hydrogen-bond acceptors (Lipinski definition) is 2. The van der Waals surface area contributed by atoms with Gasteiger partial charge >= 0.3 is 0 Å². The van der Waals surface area contributed by atoms with Crippen LogP contribution in [0.4, 0.5) is 0 Å². The van der Waals surface area contributed by atoms with Crippen LogP contribution in [0.1, 0.15) is 40.0 Å². The van der Waals surface area contributed by atoms with E-state index in [4.69, 9.17) is 0 Å². The van der Waals surface area contributed by atoms with E-state index in [1.54, 1.807) is 0 Å². The quantitative estimate of drug-likeness (QED) is 0.617. The lowest BCUT2D eigenvalue weighted by Crippen LogP contribution is -2.30. The van der Waals surface area contributed by atoms with Gasteiger partial charge in [-0.3, -0.25) is 0 Å². The molecule has 0 atom stereocenters. The van der Waals surface area contributed by atoms with E-state index < -0.39 is 10.0 Å². The fourth-order valence-corrected chi connectivity index (χ4v) is 2.33. The van der Waals surface area contributed by atoms with E-state index in [9.17, 15) is 8.42 Å². The predicted molar refractivity (Wildman–Crippen MR) is 60.8 cm³/mol. The van der Waals surface area contributed by atoms with Gasteiger partial charge < -0.3 is 0 Å². The van der Waals surface area contributed by atoms with Crippen LogP contribution in [0.5, 0.6) is 0 Å². The second kappa shape index (κ2) is 6.40. The standard InChI is InChI=1S/C10H23NO2S/c1-5-11(14(4,12)13)9-7-6-8-10(2)3/h10H,5-9H2,1-4H3. The topological polar surface area (TPSA) is 37.4 Å². The molecular formula is C10H23NO2S. The molecule has 0 bridgehead atoms. The van der Waals surface area contributed by atoms with Crippen LogP contribution in [-0.2, 0) is 10.0 Å². The Labute approximate surface area is 88.5 Å². The van der Waals surface area contributed by atoms with E-state index in [0.29, 0.717) is 19.0 Å². The zero-order valence-corrected chi connectivity index (χ0v) is 10.6. The highest BCUT2D eigenvalue weighted by Gasteiger charge is 2.12. The Bertz CT molecular complexity index is 235. The van der Waals surface area contributed by atoms with Crippen molar-refractivity contribution in [1.29, 1.82) is 0 Å². The molecule has 0 aliphatic carbocycles. The first kappa shape index (κ1) is 13.9. The summed E-state index contributed by atoms with van der Waals surface area (Å²) >= 11 is 0. The van der Waals surface area contributed by atoms with E-state index >= 15 is 0 Å². The van der Waals surface area contributed by atoms with Crippen molar-refractivity contribution in [3.8, 4) is 0 Å². The van der Waals surface area contributed by atoms with Gasteiger partial charge in [-0.2, -0.15) is 0 Å². The molecule has 0 saturated heterocycles. The van der Waals surface area contributed by atoms with Crippen molar-refractivity contribution < 1.29 is 8.42 Å². The third-order valence-electron chi connectivity index (χ3n) is 2.26. The van der Waals surface area contributed by atoms with Crippen molar-refractivity contribution in [1.82, 2.24) is 4.31 Å². The zero-order valence-electron chi connectivity index (χ0n) is 9.78. The summed E-state index contributed by atoms with van der Waals surface area (Å²) < 4.78 is 24.0. The molecule has 0 fully saturated rings. The van der Waals surface area contributed by atoms with Gasteiger partial charge in [0, 0.05) is 13.1 Å². The van der Waals surface area contributed by atoms with Crippen molar-refractivity contribution in [2.45, 2.75) is 40.0 Å². The summed E-state index contributed by atoms with van der Waals surface area (Å²) in [7, 11) is -2.98. The summed E-state index contributed by atoms with van der Waals surface area (Å²) in [5.74, 6) is 0.711. The molecule has 0 aromatic rings. The van der Waals surface area contributed by atoms with Gasteiger partial charge in [-0.15, -0.1) is 0 Å². The average Bonchev–Trinajstić information content (AvgIpc) is 2.01. The summed E-state index contributed by atoms with van der Waals surface area (Å²) in [6.45, 7) is 7.51. The number of unbranched alkanes of at least 4 members (excludes halogenated alkanes) is 1. The number of nitrogens with zero attached hydrogens (tertiary/aromatic N) is 1. The molecule has 0 aliphatic rings. The van der Waals surface area contributed by atoms with E-state index in [2.05, 4.69) is 13.8 Å². The van der Waals surface area contributed by atoms with Gasteiger partial charge in [0.1, 0.15) is 0 Å². The van der Waals surface area contributed by atoms with Crippen LogP contribution in [0.15, 0.2) is 0 Å². The molecule has 3 nitrogen and oxygen atoms in total. The van der Waals surface area contributed by atoms with Crippen LogP contribution in [0.25, 0.3) is 0 Å². The largest absolute Gasteiger partial charge is 0.213 e. The van der Waals surface area contributed by atoms with E-state index in [1.165, 1.54) is 17.0 Å². The fraction of sp³-hybridized carbons (Fsp3) is 1.00. The summed E-state index contributed by atoms with van der Waals surface area (Å²) in [6.07, 6.45) is 4.54. The molecule has 0 aromatic carbocycles. The van der Waals surface area contributed by atoms with Crippen molar-refractivity contribution in [2.75, 3.05) is 19.3 Å². The van der Waals surface area contributed by atoms with E-state index in [0.717, 1.165) is 12.8 Å². The summed E-state index contributed by atoms with van der Waals surface area (Å²) in [4.78, 5) is 0. The molecule has 0 unspecified atom stereocenters. The Balaban J connectivity index is 3.76. The summed E-state index contributed by atoms with van der Waals surface area (Å²) in [5, 5.41) is 0. The highest BCUT2D eigenvalue weighted by atomic mass is 32.2. The first-order valence-corrected chi connectivity index (χ1v) is 7.17. The molecule has 0 saturated carbocycles. The van der Waals surface area contributed by atoms with E-state index in [-0.39, 0.29) is 0 Å². The molecule has 0 aliphatic heterocycles. The Morgan fingerprint density at radius 2 is 1.79 bits per heavy atom. The number of hydrogen-bond donors (Lipinski definition) is 0. The van der Waals surface area contributed by atoms with Gasteiger partial charge in [0.05, 0.1) is 6.26 Å². The molecule has 0 spiro atoms. The summed E-state index contributed by atoms with van der Waals surface area (Å²) in [5.41, 5.74) is 0. The minimum Gasteiger partial charge on any atom is -0.213 e. The molecule has 0 N–H and O–H groups in total. The van der Waals surface area contributed by atoms with Crippen LogP contribution in [-0.4, -0.2) is 32.1 Å². The molecule has 0 aromatic heterocycles. The molecule has 0 heterocycles. The van der Waals surface area contributed by atoms with Gasteiger partial charge in [-0.1, -0.05) is 33.6 Å². The van der Waals surface area contributed by atoms with Crippen molar-refractivity contribution in [2.24, 2.45) is 5.92 Å². The minimum atomic E-state index is -2.98. The summed E-state index contributed by atoms with van der Waals surface area (Å²) in [6, 6.07) is 0. The zero-order chi connectivity index (χ0) is 11.2. The minimum absolute atomic E-state index is 0.584. The van der Waals surface area contributed by atoms with Gasteiger partial charge in [-0.25, -0.2) is 12.7 Å². The van der Waals surface area contributed by atoms with Crippen LogP contribution in [0, 0.1) is 5.92 Å². The Morgan fingerprint density at radius 1 is 1.21 bits per heavy atom. The maximum atomic E-state index is 11.2. The van der Waals surface area contributed by atoms with Crippen molar-refractivity contribution >= 4 is 10.0 Å². The first-order chi connectivity index (χ1) is 6.38.